The lowest BCUT2D eigenvalue weighted by atomic mass is 9.91. The van der Waals surface area contributed by atoms with E-state index < -0.39 is 11.4 Å². The van der Waals surface area contributed by atoms with Gasteiger partial charge in [0.1, 0.15) is 17.2 Å². The van der Waals surface area contributed by atoms with Crippen molar-refractivity contribution in [3.63, 3.8) is 0 Å². The standard InChI is InChI=1S/C25H28ClFN4O2/c1-13(21-20(33-6)8-7-19(27)23(21)26)18-11-29-24-17(18)9-16(10-28-24)22-14(2)30-31(15(22)3)12-25(4,5)32/h7-11,13,32H,12H2,1-6H3,(H,28,29)/t13-/m0/s1. The van der Waals surface area contributed by atoms with Crippen molar-refractivity contribution < 1.29 is 14.2 Å². The minimum Gasteiger partial charge on any atom is -0.496 e. The van der Waals surface area contributed by atoms with Gasteiger partial charge in [0.25, 0.3) is 0 Å². The maximum atomic E-state index is 14.3. The molecule has 6 nitrogen and oxygen atoms in total. The van der Waals surface area contributed by atoms with Crippen LogP contribution in [0.2, 0.25) is 5.02 Å². The summed E-state index contributed by atoms with van der Waals surface area (Å²) in [5, 5.41) is 15.8. The zero-order valence-electron chi connectivity index (χ0n) is 19.6. The zero-order chi connectivity index (χ0) is 24.1. The highest BCUT2D eigenvalue weighted by molar-refractivity contribution is 6.31. The number of aliphatic hydroxyl groups is 1. The van der Waals surface area contributed by atoms with E-state index in [4.69, 9.17) is 16.3 Å². The summed E-state index contributed by atoms with van der Waals surface area (Å²) in [5.74, 6) is -0.190. The molecule has 174 valence electrons. The molecule has 0 spiro atoms. The first-order chi connectivity index (χ1) is 15.5. The van der Waals surface area contributed by atoms with E-state index in [0.717, 1.165) is 39.1 Å². The van der Waals surface area contributed by atoms with Gasteiger partial charge in [-0.1, -0.05) is 18.5 Å². The quantitative estimate of drug-likeness (QED) is 0.375. The van der Waals surface area contributed by atoms with Gasteiger partial charge in [-0.05, 0) is 51.5 Å². The van der Waals surface area contributed by atoms with Crippen LogP contribution in [0.1, 0.15) is 49.2 Å². The zero-order valence-corrected chi connectivity index (χ0v) is 20.4. The minimum atomic E-state index is -0.880. The number of nitrogens with one attached hydrogen (secondary N) is 1. The van der Waals surface area contributed by atoms with Crippen molar-refractivity contribution in [2.75, 3.05) is 7.11 Å². The molecular formula is C25H28ClFN4O2. The SMILES string of the molecule is COc1ccc(F)c(Cl)c1[C@@H](C)c1c[nH]c2ncc(-c3c(C)nn(CC(C)(C)O)c3C)cc12. The number of nitrogens with zero attached hydrogens (tertiary/aromatic N) is 3. The van der Waals surface area contributed by atoms with Gasteiger partial charge in [-0.15, -0.1) is 0 Å². The lowest BCUT2D eigenvalue weighted by molar-refractivity contribution is 0.0570. The topological polar surface area (TPSA) is 76.0 Å². The summed E-state index contributed by atoms with van der Waals surface area (Å²) in [7, 11) is 1.55. The molecule has 2 N–H and O–H groups in total. The summed E-state index contributed by atoms with van der Waals surface area (Å²) in [6.07, 6.45) is 3.69. The molecule has 4 rings (SSSR count). The van der Waals surface area contributed by atoms with Crippen molar-refractivity contribution >= 4 is 22.6 Å². The van der Waals surface area contributed by atoms with E-state index in [-0.39, 0.29) is 10.9 Å². The van der Waals surface area contributed by atoms with Gasteiger partial charge in [0.05, 0.1) is 30.0 Å². The molecule has 0 amide bonds. The predicted molar refractivity (Wildman–Crippen MR) is 129 cm³/mol. The first-order valence-electron chi connectivity index (χ1n) is 10.8. The van der Waals surface area contributed by atoms with Crippen LogP contribution in [0.5, 0.6) is 5.75 Å². The summed E-state index contributed by atoms with van der Waals surface area (Å²) in [6, 6.07) is 4.97. The van der Waals surface area contributed by atoms with Crippen molar-refractivity contribution in [2.24, 2.45) is 0 Å². The van der Waals surface area contributed by atoms with Gasteiger partial charge in [0.2, 0.25) is 0 Å². The number of aromatic amines is 1. The number of hydrogen-bond acceptors (Lipinski definition) is 4. The van der Waals surface area contributed by atoms with Crippen molar-refractivity contribution in [3.05, 3.63) is 63.9 Å². The highest BCUT2D eigenvalue weighted by Crippen LogP contribution is 2.41. The molecule has 1 aromatic carbocycles. The maximum absolute atomic E-state index is 14.3. The van der Waals surface area contributed by atoms with E-state index >= 15 is 0 Å². The van der Waals surface area contributed by atoms with Crippen LogP contribution in [0.25, 0.3) is 22.2 Å². The molecule has 1 atom stereocenters. The second-order valence-electron chi connectivity index (χ2n) is 9.08. The number of halogens is 2. The number of hydrogen-bond donors (Lipinski definition) is 2. The second kappa shape index (κ2) is 8.47. The van der Waals surface area contributed by atoms with Crippen molar-refractivity contribution in [2.45, 2.75) is 52.7 Å². The molecular weight excluding hydrogens is 443 g/mol. The average molecular weight is 471 g/mol. The van der Waals surface area contributed by atoms with Gasteiger partial charge in [0, 0.05) is 46.1 Å². The number of H-pyrrole nitrogens is 1. The van der Waals surface area contributed by atoms with Gasteiger partial charge in [-0.3, -0.25) is 4.68 Å². The first kappa shape index (κ1) is 23.3. The molecule has 0 bridgehead atoms. The van der Waals surface area contributed by atoms with Gasteiger partial charge >= 0.3 is 0 Å². The Balaban J connectivity index is 1.83. The summed E-state index contributed by atoms with van der Waals surface area (Å²) < 4.78 is 21.6. The second-order valence-corrected chi connectivity index (χ2v) is 9.46. The van der Waals surface area contributed by atoms with Crippen LogP contribution in [0.15, 0.2) is 30.6 Å². The fraction of sp³-hybridized carbons (Fsp3) is 0.360. The summed E-state index contributed by atoms with van der Waals surface area (Å²) >= 11 is 6.35. The third-order valence-electron chi connectivity index (χ3n) is 5.98. The Morgan fingerprint density at radius 1 is 1.30 bits per heavy atom. The number of benzene rings is 1. The lowest BCUT2D eigenvalue weighted by Crippen LogP contribution is -2.27. The van der Waals surface area contributed by atoms with Gasteiger partial charge in [-0.25, -0.2) is 9.37 Å². The third-order valence-corrected chi connectivity index (χ3v) is 6.37. The lowest BCUT2D eigenvalue weighted by Gasteiger charge is -2.18. The Kier molecular flexibility index (Phi) is 5.97. The van der Waals surface area contributed by atoms with Crippen molar-refractivity contribution in [1.82, 2.24) is 19.7 Å². The number of rotatable bonds is 6. The molecule has 0 aliphatic carbocycles. The summed E-state index contributed by atoms with van der Waals surface area (Å²) in [4.78, 5) is 7.83. The molecule has 0 aliphatic rings. The molecule has 0 saturated heterocycles. The molecule has 0 saturated carbocycles. The fourth-order valence-electron chi connectivity index (χ4n) is 4.44. The van der Waals surface area contributed by atoms with Gasteiger partial charge < -0.3 is 14.8 Å². The molecule has 3 heterocycles. The van der Waals surface area contributed by atoms with E-state index in [1.807, 2.05) is 37.8 Å². The first-order valence-corrected chi connectivity index (χ1v) is 11.1. The van der Waals surface area contributed by atoms with Crippen LogP contribution in [0.4, 0.5) is 4.39 Å². The minimum absolute atomic E-state index is 0.0555. The smallest absolute Gasteiger partial charge is 0.142 e. The average Bonchev–Trinajstić information content (AvgIpc) is 3.28. The van der Waals surface area contributed by atoms with E-state index in [1.165, 1.54) is 6.07 Å². The molecule has 0 fully saturated rings. The van der Waals surface area contributed by atoms with Crippen LogP contribution in [-0.4, -0.2) is 37.6 Å². The number of pyridine rings is 1. The monoisotopic (exact) mass is 470 g/mol. The van der Waals surface area contributed by atoms with E-state index in [1.54, 1.807) is 27.0 Å². The molecule has 3 aromatic heterocycles. The normalized spacial score (nSPS) is 13.0. The van der Waals surface area contributed by atoms with E-state index in [2.05, 4.69) is 21.1 Å². The third kappa shape index (κ3) is 4.23. The molecule has 8 heteroatoms. The highest BCUT2D eigenvalue weighted by atomic mass is 35.5. The molecule has 0 unspecified atom stereocenters. The maximum Gasteiger partial charge on any atom is 0.142 e. The Morgan fingerprint density at radius 3 is 2.70 bits per heavy atom. The molecule has 4 aromatic rings. The Labute approximate surface area is 197 Å². The van der Waals surface area contributed by atoms with Crippen LogP contribution < -0.4 is 4.74 Å². The Hall–Kier alpha value is -2.90. The van der Waals surface area contributed by atoms with Crippen LogP contribution in [-0.2, 0) is 6.54 Å². The van der Waals surface area contributed by atoms with Gasteiger partial charge in [-0.2, -0.15) is 5.10 Å². The number of aryl methyl sites for hydroxylation is 1. The predicted octanol–water partition coefficient (Wildman–Crippen LogP) is 5.77. The Bertz CT molecular complexity index is 1340. The Morgan fingerprint density at radius 2 is 2.03 bits per heavy atom. The van der Waals surface area contributed by atoms with Crippen LogP contribution in [0.3, 0.4) is 0 Å². The largest absolute Gasteiger partial charge is 0.496 e. The number of methoxy groups -OCH3 is 1. The van der Waals surface area contributed by atoms with Gasteiger partial charge in [0.15, 0.2) is 0 Å². The van der Waals surface area contributed by atoms with E-state index in [0.29, 0.717) is 17.9 Å². The highest BCUT2D eigenvalue weighted by Gasteiger charge is 2.24. The molecule has 0 aliphatic heterocycles. The summed E-state index contributed by atoms with van der Waals surface area (Å²) in [6.45, 7) is 9.82. The fourth-order valence-corrected chi connectivity index (χ4v) is 4.76. The van der Waals surface area contributed by atoms with Crippen molar-refractivity contribution in [3.8, 4) is 16.9 Å². The molecule has 33 heavy (non-hydrogen) atoms. The van der Waals surface area contributed by atoms with Crippen LogP contribution >= 0.6 is 11.6 Å². The summed E-state index contributed by atoms with van der Waals surface area (Å²) in [5.41, 5.74) is 5.09. The number of fused-ring (bicyclic) bond motifs is 1. The van der Waals surface area contributed by atoms with Crippen molar-refractivity contribution in [1.29, 1.82) is 0 Å². The van der Waals surface area contributed by atoms with E-state index in [9.17, 15) is 9.50 Å². The number of aromatic nitrogens is 4. The number of ether oxygens (including phenoxy) is 1. The van der Waals surface area contributed by atoms with Crippen LogP contribution in [0, 0.1) is 19.7 Å². The molecule has 0 radical (unpaired) electrons.